The highest BCUT2D eigenvalue weighted by atomic mass is 32.2. The summed E-state index contributed by atoms with van der Waals surface area (Å²) in [5.74, 6) is 0.766. The average molecular weight is 441 g/mol. The van der Waals surface area contributed by atoms with Crippen LogP contribution in [0.25, 0.3) is 22.0 Å². The largest absolute Gasteiger partial charge is 0.382 e. The van der Waals surface area contributed by atoms with Crippen LogP contribution in [0.1, 0.15) is 46.5 Å². The van der Waals surface area contributed by atoms with Crippen LogP contribution in [0, 0.1) is 10.7 Å². The zero-order valence-electron chi connectivity index (χ0n) is 18.7. The maximum atomic E-state index is 13.1. The Labute approximate surface area is 184 Å². The van der Waals surface area contributed by atoms with Gasteiger partial charge in [0.15, 0.2) is 0 Å². The molecule has 0 amide bonds. The molecule has 4 rings (SSSR count). The minimum atomic E-state index is -2.93. The molecule has 31 heavy (non-hydrogen) atoms. The molecular formula is C24H32N4O2S. The quantitative estimate of drug-likeness (QED) is 0.500. The number of aromatic nitrogens is 2. The lowest BCUT2D eigenvalue weighted by Gasteiger charge is -2.29. The Morgan fingerprint density at radius 3 is 2.55 bits per heavy atom. The molecule has 2 heterocycles. The molecule has 0 spiro atoms. The van der Waals surface area contributed by atoms with Crippen molar-refractivity contribution in [3.63, 3.8) is 0 Å². The summed E-state index contributed by atoms with van der Waals surface area (Å²) in [4.78, 5) is 16.1. The highest BCUT2D eigenvalue weighted by Crippen LogP contribution is 2.37. The second kappa shape index (κ2) is 8.19. The Morgan fingerprint density at radius 2 is 1.87 bits per heavy atom. The smallest absolute Gasteiger partial charge is 0.274 e. The van der Waals surface area contributed by atoms with Crippen molar-refractivity contribution in [3.05, 3.63) is 47.0 Å². The lowest BCUT2D eigenvalue weighted by Crippen LogP contribution is -2.25. The average Bonchev–Trinajstić information content (AvgIpc) is 3.23. The number of pyridine rings is 1. The molecule has 1 atom stereocenters. The molecule has 3 aromatic rings. The van der Waals surface area contributed by atoms with Crippen molar-refractivity contribution >= 4 is 26.3 Å². The first-order valence-corrected chi connectivity index (χ1v) is 12.7. The predicted molar refractivity (Wildman–Crippen MR) is 128 cm³/mol. The third kappa shape index (κ3) is 4.03. The molecular weight excluding hydrogens is 408 g/mol. The minimum Gasteiger partial charge on any atom is -0.382 e. The first-order valence-electron chi connectivity index (χ1n) is 11.0. The third-order valence-electron chi connectivity index (χ3n) is 6.56. The lowest BCUT2D eigenvalue weighted by molar-refractivity contribution is 0.361. The van der Waals surface area contributed by atoms with Crippen molar-refractivity contribution in [3.8, 4) is 11.1 Å². The van der Waals surface area contributed by atoms with E-state index < -0.39 is 9.73 Å². The second-order valence-electron chi connectivity index (χ2n) is 9.18. The van der Waals surface area contributed by atoms with Crippen molar-refractivity contribution in [1.29, 1.82) is 4.78 Å². The van der Waals surface area contributed by atoms with Crippen molar-refractivity contribution in [2.24, 2.45) is 13.0 Å². The van der Waals surface area contributed by atoms with Gasteiger partial charge in [-0.1, -0.05) is 6.92 Å². The highest BCUT2D eigenvalue weighted by Gasteiger charge is 2.22. The molecule has 6 nitrogen and oxygen atoms in total. The number of fused-ring (bicyclic) bond motifs is 1. The SMILES string of the molecule is CC(C)S(=N)(=O)c1ccc(N[C@H]2CC[C@H](C)CC2)c(-c2cn(C)c(=O)c3[nH]ccc23)c1. The Bertz CT molecular complexity index is 1260. The lowest BCUT2D eigenvalue weighted by atomic mass is 9.87. The van der Waals surface area contributed by atoms with Gasteiger partial charge >= 0.3 is 0 Å². The van der Waals surface area contributed by atoms with E-state index >= 15 is 0 Å². The molecule has 1 aliphatic carbocycles. The van der Waals surface area contributed by atoms with Gasteiger partial charge in [-0.15, -0.1) is 0 Å². The fourth-order valence-electron chi connectivity index (χ4n) is 4.44. The number of hydrogen-bond acceptors (Lipinski definition) is 4. The molecule has 1 aliphatic rings. The fraction of sp³-hybridized carbons (Fsp3) is 0.458. The number of nitrogens with one attached hydrogen (secondary N) is 3. The molecule has 1 saturated carbocycles. The number of benzene rings is 1. The molecule has 1 unspecified atom stereocenters. The Morgan fingerprint density at radius 1 is 1.16 bits per heavy atom. The van der Waals surface area contributed by atoms with Gasteiger partial charge < -0.3 is 14.9 Å². The molecule has 1 aromatic carbocycles. The number of rotatable bonds is 5. The maximum Gasteiger partial charge on any atom is 0.274 e. The zero-order valence-corrected chi connectivity index (χ0v) is 19.5. The maximum absolute atomic E-state index is 13.1. The molecule has 0 aliphatic heterocycles. The van der Waals surface area contributed by atoms with Gasteiger partial charge in [-0.2, -0.15) is 0 Å². The van der Waals surface area contributed by atoms with Crippen LogP contribution in [0.3, 0.4) is 0 Å². The molecule has 166 valence electrons. The summed E-state index contributed by atoms with van der Waals surface area (Å²) in [6, 6.07) is 7.97. The highest BCUT2D eigenvalue weighted by molar-refractivity contribution is 7.93. The van der Waals surface area contributed by atoms with E-state index in [0.717, 1.165) is 41.0 Å². The van der Waals surface area contributed by atoms with Crippen LogP contribution in [0.4, 0.5) is 5.69 Å². The van der Waals surface area contributed by atoms with E-state index in [1.165, 1.54) is 12.8 Å². The van der Waals surface area contributed by atoms with Crippen LogP contribution in [0.2, 0.25) is 0 Å². The van der Waals surface area contributed by atoms with Crippen molar-refractivity contribution < 1.29 is 4.21 Å². The first kappa shape index (κ1) is 21.7. The van der Waals surface area contributed by atoms with E-state index in [1.54, 1.807) is 17.8 Å². The third-order valence-corrected chi connectivity index (χ3v) is 8.85. The summed E-state index contributed by atoms with van der Waals surface area (Å²) in [7, 11) is -1.18. The van der Waals surface area contributed by atoms with E-state index in [0.29, 0.717) is 16.5 Å². The van der Waals surface area contributed by atoms with Crippen molar-refractivity contribution in [2.45, 2.75) is 62.6 Å². The van der Waals surface area contributed by atoms with E-state index in [-0.39, 0.29) is 10.8 Å². The number of hydrogen-bond donors (Lipinski definition) is 3. The van der Waals surface area contributed by atoms with Crippen LogP contribution in [-0.2, 0) is 16.8 Å². The molecule has 0 radical (unpaired) electrons. The van der Waals surface area contributed by atoms with E-state index in [4.69, 9.17) is 4.78 Å². The van der Waals surface area contributed by atoms with Crippen LogP contribution >= 0.6 is 0 Å². The number of aryl methyl sites for hydroxylation is 1. The predicted octanol–water partition coefficient (Wildman–Crippen LogP) is 5.34. The summed E-state index contributed by atoms with van der Waals surface area (Å²) < 4.78 is 23.2. The van der Waals surface area contributed by atoms with Gasteiger partial charge in [0.05, 0.1) is 9.73 Å². The summed E-state index contributed by atoms with van der Waals surface area (Å²) in [6.45, 7) is 5.95. The number of aromatic amines is 1. The number of anilines is 1. The minimum absolute atomic E-state index is 0.0813. The van der Waals surface area contributed by atoms with E-state index in [9.17, 15) is 9.00 Å². The van der Waals surface area contributed by atoms with Crippen LogP contribution in [-0.4, -0.2) is 25.1 Å². The van der Waals surface area contributed by atoms with E-state index in [2.05, 4.69) is 17.2 Å². The summed E-state index contributed by atoms with van der Waals surface area (Å²) >= 11 is 0. The number of nitrogens with zero attached hydrogens (tertiary/aromatic N) is 1. The Balaban J connectivity index is 1.89. The van der Waals surface area contributed by atoms with Crippen molar-refractivity contribution in [1.82, 2.24) is 9.55 Å². The summed E-state index contributed by atoms with van der Waals surface area (Å²) in [5.41, 5.74) is 3.21. The van der Waals surface area contributed by atoms with Gasteiger partial charge in [-0.05, 0) is 69.7 Å². The molecule has 0 bridgehead atoms. The van der Waals surface area contributed by atoms with Gasteiger partial charge in [-0.25, -0.2) is 8.99 Å². The Kier molecular flexibility index (Phi) is 5.73. The zero-order chi connectivity index (χ0) is 22.3. The molecule has 2 aromatic heterocycles. The van der Waals surface area contributed by atoms with Crippen LogP contribution in [0.5, 0.6) is 0 Å². The second-order valence-corrected chi connectivity index (χ2v) is 11.8. The van der Waals surface area contributed by atoms with Gasteiger partial charge in [0.25, 0.3) is 5.56 Å². The van der Waals surface area contributed by atoms with Gasteiger partial charge in [-0.3, -0.25) is 4.79 Å². The summed E-state index contributed by atoms with van der Waals surface area (Å²) in [5, 5.41) is 4.26. The number of H-pyrrole nitrogens is 1. The first-order chi connectivity index (χ1) is 14.7. The monoisotopic (exact) mass is 440 g/mol. The molecule has 7 heteroatoms. The van der Waals surface area contributed by atoms with Gasteiger partial charge in [0.1, 0.15) is 5.52 Å². The Hall–Kier alpha value is -2.54. The summed E-state index contributed by atoms with van der Waals surface area (Å²) in [6.07, 6.45) is 8.28. The van der Waals surface area contributed by atoms with Crippen LogP contribution < -0.4 is 10.9 Å². The van der Waals surface area contributed by atoms with Gasteiger partial charge in [0, 0.05) is 57.8 Å². The molecule has 1 fully saturated rings. The van der Waals surface area contributed by atoms with Crippen molar-refractivity contribution in [2.75, 3.05) is 5.32 Å². The standard InChI is InChI=1S/C24H32N4O2S/c1-15(2)31(25,30)18-9-10-22(27-17-7-5-16(3)6-8-17)20(13-18)21-14-28(4)24(29)23-19(21)11-12-26-23/h9-17,25-27H,5-8H2,1-4H3/t16-,17-,31?. The fourth-order valence-corrected chi connectivity index (χ4v) is 5.55. The van der Waals surface area contributed by atoms with E-state index in [1.807, 2.05) is 44.3 Å². The normalized spacial score (nSPS) is 21.3. The topological polar surface area (TPSA) is 90.7 Å². The molecule has 0 saturated heterocycles. The van der Waals surface area contributed by atoms with Crippen LogP contribution in [0.15, 0.2) is 46.3 Å². The molecule has 3 N–H and O–H groups in total. The van der Waals surface area contributed by atoms with Gasteiger partial charge in [0.2, 0.25) is 0 Å².